The molecule has 0 bridgehead atoms. The minimum absolute atomic E-state index is 0.109. The van der Waals surface area contributed by atoms with Crippen LogP contribution in [0.3, 0.4) is 0 Å². The molecule has 0 heterocycles. The van der Waals surface area contributed by atoms with Crippen LogP contribution >= 0.6 is 0 Å². The predicted octanol–water partition coefficient (Wildman–Crippen LogP) is 8.68. The molecule has 0 saturated carbocycles. The van der Waals surface area contributed by atoms with E-state index in [4.69, 9.17) is 0 Å². The fourth-order valence-corrected chi connectivity index (χ4v) is 6.20. The fraction of sp³-hybridized carbons (Fsp3) is 0. The van der Waals surface area contributed by atoms with E-state index in [2.05, 4.69) is 16.0 Å². The molecule has 57 heavy (non-hydrogen) atoms. The minimum atomic E-state index is -0.634. The smallest absolute Gasteiger partial charge is 0.259 e. The van der Waals surface area contributed by atoms with Crippen LogP contribution in [-0.4, -0.2) is 48.4 Å². The molecule has 0 unspecified atom stereocenters. The zero-order valence-corrected chi connectivity index (χ0v) is 29.8. The lowest BCUT2D eigenvalue weighted by molar-refractivity contribution is 0.101. The number of hydrogen-bond donors (Lipinski definition) is 9. The van der Waals surface area contributed by atoms with Gasteiger partial charge in [-0.2, -0.15) is 0 Å². The number of anilines is 3. The molecule has 12 nitrogen and oxygen atoms in total. The van der Waals surface area contributed by atoms with E-state index >= 15 is 0 Å². The molecule has 0 fully saturated rings. The Morgan fingerprint density at radius 3 is 0.860 bits per heavy atom. The van der Waals surface area contributed by atoms with Crippen molar-refractivity contribution in [2.45, 2.75) is 0 Å². The molecule has 0 aliphatic heterocycles. The summed E-state index contributed by atoms with van der Waals surface area (Å²) >= 11 is 0. The van der Waals surface area contributed by atoms with Crippen LogP contribution in [0, 0.1) is 0 Å². The Hall–Kier alpha value is -8.25. The van der Waals surface area contributed by atoms with Gasteiger partial charge in [0.25, 0.3) is 17.7 Å². The molecule has 0 aliphatic rings. The number of phenolic OH excluding ortho intramolecular Hbond substituents is 6. The maximum absolute atomic E-state index is 13.1. The Labute approximate surface area is 325 Å². The molecule has 12 heteroatoms. The molecular formula is C45H33N3O9. The number of para-hydroxylation sites is 3. The fourth-order valence-electron chi connectivity index (χ4n) is 6.20. The Bertz CT molecular complexity index is 2410. The number of hydrogen-bond acceptors (Lipinski definition) is 9. The van der Waals surface area contributed by atoms with Gasteiger partial charge in [-0.15, -0.1) is 0 Å². The first-order valence-electron chi connectivity index (χ1n) is 17.4. The molecule has 0 spiro atoms. The van der Waals surface area contributed by atoms with Crippen LogP contribution in [0.5, 0.6) is 34.5 Å². The van der Waals surface area contributed by atoms with E-state index in [9.17, 15) is 45.0 Å². The van der Waals surface area contributed by atoms with Crippen molar-refractivity contribution in [2.75, 3.05) is 16.0 Å². The third-order valence-corrected chi connectivity index (χ3v) is 9.07. The van der Waals surface area contributed by atoms with Crippen LogP contribution < -0.4 is 16.0 Å². The Morgan fingerprint density at radius 1 is 0.316 bits per heavy atom. The molecule has 0 saturated heterocycles. The summed E-state index contributed by atoms with van der Waals surface area (Å²) in [4.78, 5) is 39.3. The van der Waals surface area contributed by atoms with Crippen molar-refractivity contribution in [2.24, 2.45) is 0 Å². The average Bonchev–Trinajstić information content (AvgIpc) is 3.21. The second kappa shape index (κ2) is 15.6. The van der Waals surface area contributed by atoms with E-state index in [0.717, 1.165) is 16.7 Å². The van der Waals surface area contributed by atoms with Gasteiger partial charge in [0.05, 0.1) is 16.7 Å². The van der Waals surface area contributed by atoms with Crippen LogP contribution in [0.4, 0.5) is 17.1 Å². The molecule has 3 amide bonds. The number of nitrogens with one attached hydrogen (secondary N) is 3. The summed E-state index contributed by atoms with van der Waals surface area (Å²) in [6.45, 7) is 0. The van der Waals surface area contributed by atoms with Crippen LogP contribution in [0.2, 0.25) is 0 Å². The van der Waals surface area contributed by atoms with Crippen LogP contribution in [0.1, 0.15) is 31.1 Å². The van der Waals surface area contributed by atoms with Crippen molar-refractivity contribution in [3.63, 3.8) is 0 Å². The molecule has 0 radical (unpaired) electrons. The van der Waals surface area contributed by atoms with Crippen LogP contribution in [0.15, 0.2) is 146 Å². The van der Waals surface area contributed by atoms with Crippen molar-refractivity contribution < 1.29 is 45.0 Å². The third kappa shape index (κ3) is 8.00. The highest BCUT2D eigenvalue weighted by molar-refractivity contribution is 6.08. The largest absolute Gasteiger partial charge is 0.504 e. The van der Waals surface area contributed by atoms with Gasteiger partial charge in [0, 0.05) is 17.1 Å². The summed E-state index contributed by atoms with van der Waals surface area (Å²) in [6.07, 6.45) is 0. The quantitative estimate of drug-likeness (QED) is 0.0644. The molecule has 0 atom stereocenters. The average molecular weight is 760 g/mol. The van der Waals surface area contributed by atoms with Crippen molar-refractivity contribution in [3.8, 4) is 67.9 Å². The monoisotopic (exact) mass is 759 g/mol. The summed E-state index contributed by atoms with van der Waals surface area (Å²) in [5.41, 5.74) is 5.15. The van der Waals surface area contributed by atoms with Crippen molar-refractivity contribution >= 4 is 34.8 Å². The zero-order chi connectivity index (χ0) is 40.2. The second-order valence-electron chi connectivity index (χ2n) is 12.9. The topological polar surface area (TPSA) is 209 Å². The molecule has 282 valence electrons. The molecule has 0 aliphatic carbocycles. The van der Waals surface area contributed by atoms with Crippen LogP contribution in [-0.2, 0) is 0 Å². The van der Waals surface area contributed by atoms with Gasteiger partial charge in [-0.3, -0.25) is 14.4 Å². The van der Waals surface area contributed by atoms with E-state index in [1.165, 1.54) is 54.6 Å². The minimum Gasteiger partial charge on any atom is -0.504 e. The molecule has 0 aromatic heterocycles. The summed E-state index contributed by atoms with van der Waals surface area (Å²) in [6, 6.07) is 39.1. The van der Waals surface area contributed by atoms with Gasteiger partial charge in [-0.05, 0) is 124 Å². The van der Waals surface area contributed by atoms with Crippen molar-refractivity contribution in [3.05, 3.63) is 162 Å². The highest BCUT2D eigenvalue weighted by Crippen LogP contribution is 2.37. The molecular weight excluding hydrogens is 727 g/mol. The van der Waals surface area contributed by atoms with Crippen LogP contribution in [0.25, 0.3) is 33.4 Å². The number of carbonyl (C=O) groups is 3. The first-order valence-corrected chi connectivity index (χ1v) is 17.4. The van der Waals surface area contributed by atoms with Gasteiger partial charge < -0.3 is 46.6 Å². The van der Waals surface area contributed by atoms with Gasteiger partial charge in [-0.1, -0.05) is 54.6 Å². The number of rotatable bonds is 9. The maximum atomic E-state index is 13.1. The van der Waals surface area contributed by atoms with Gasteiger partial charge in [-0.25, -0.2) is 0 Å². The van der Waals surface area contributed by atoms with E-state index in [1.807, 2.05) is 36.4 Å². The van der Waals surface area contributed by atoms with E-state index in [0.29, 0.717) is 33.8 Å². The summed E-state index contributed by atoms with van der Waals surface area (Å²) in [7, 11) is 0. The highest BCUT2D eigenvalue weighted by Gasteiger charge is 2.18. The standard InChI is InChI=1S/C45H33N3O9/c49-37-16-4-13-34(40(37)52)43(55)46-31-10-1-7-25(22-31)28-19-29(26-8-2-11-32(23-26)47-44(56)35-14-5-17-38(50)41(35)53)21-30(20-28)27-9-3-12-33(24-27)48-45(57)36-15-6-18-39(51)42(36)54/h1-24,49-54H,(H,46,55)(H,47,56)(H,48,57). The normalized spacial score (nSPS) is 10.7. The summed E-state index contributed by atoms with van der Waals surface area (Å²) < 4.78 is 0. The maximum Gasteiger partial charge on any atom is 0.259 e. The number of carbonyl (C=O) groups excluding carboxylic acids is 3. The molecule has 7 aromatic rings. The van der Waals surface area contributed by atoms with E-state index in [-0.39, 0.29) is 16.7 Å². The zero-order valence-electron chi connectivity index (χ0n) is 29.8. The SMILES string of the molecule is O=C(Nc1cccc(-c2cc(-c3cccc(NC(=O)c4cccc(O)c4O)c3)cc(-c3cccc(NC(=O)c4cccc(O)c4O)c3)c2)c1)c1cccc(O)c1O. The number of benzene rings is 7. The summed E-state index contributed by atoms with van der Waals surface area (Å²) in [5.74, 6) is -4.82. The highest BCUT2D eigenvalue weighted by atomic mass is 16.3. The Balaban J connectivity index is 1.26. The summed E-state index contributed by atoms with van der Waals surface area (Å²) in [5, 5.41) is 68.8. The van der Waals surface area contributed by atoms with E-state index < -0.39 is 52.2 Å². The van der Waals surface area contributed by atoms with Gasteiger partial charge in [0.1, 0.15) is 0 Å². The predicted molar refractivity (Wildman–Crippen MR) is 216 cm³/mol. The third-order valence-electron chi connectivity index (χ3n) is 9.07. The van der Waals surface area contributed by atoms with E-state index in [1.54, 1.807) is 54.6 Å². The first-order chi connectivity index (χ1) is 27.4. The lowest BCUT2D eigenvalue weighted by Crippen LogP contribution is -2.12. The number of phenols is 6. The van der Waals surface area contributed by atoms with Crippen molar-refractivity contribution in [1.82, 2.24) is 0 Å². The molecule has 7 aromatic carbocycles. The molecule has 7 rings (SSSR count). The molecule has 9 N–H and O–H groups in total. The lowest BCUT2D eigenvalue weighted by Gasteiger charge is -2.15. The van der Waals surface area contributed by atoms with Gasteiger partial charge in [0.15, 0.2) is 34.5 Å². The Morgan fingerprint density at radius 2 is 0.579 bits per heavy atom. The van der Waals surface area contributed by atoms with Gasteiger partial charge in [0.2, 0.25) is 0 Å². The number of amides is 3. The lowest BCUT2D eigenvalue weighted by atomic mass is 9.93. The van der Waals surface area contributed by atoms with Crippen molar-refractivity contribution in [1.29, 1.82) is 0 Å². The number of aromatic hydroxyl groups is 6. The Kier molecular flexibility index (Phi) is 10.2. The first kappa shape index (κ1) is 37.1. The van der Waals surface area contributed by atoms with Gasteiger partial charge >= 0.3 is 0 Å². The second-order valence-corrected chi connectivity index (χ2v) is 12.9.